The molecule has 0 radical (unpaired) electrons. The number of para-hydroxylation sites is 1. The number of rotatable bonds is 33. The number of imide groups is 1. The van der Waals surface area contributed by atoms with Crippen molar-refractivity contribution in [3.05, 3.63) is 48.2 Å². The quantitative estimate of drug-likeness (QED) is 0.0595. The molecule has 0 spiro atoms. The van der Waals surface area contributed by atoms with Gasteiger partial charge in [-0.15, -0.1) is 0 Å². The van der Waals surface area contributed by atoms with Gasteiger partial charge in [-0.25, -0.2) is 0 Å². The third-order valence-corrected chi connectivity index (χ3v) is 14.3. The molecule has 2 aromatic rings. The number of carbonyl (C=O) groups excluding carboxylic acids is 7. The average Bonchev–Trinajstić information content (AvgIpc) is 4.10. The van der Waals surface area contributed by atoms with Gasteiger partial charge in [-0.2, -0.15) is 0 Å². The van der Waals surface area contributed by atoms with Crippen molar-refractivity contribution in [1.82, 2.24) is 35.2 Å². The molecule has 9 unspecified atom stereocenters. The number of fused-ring (bicyclic) bond motifs is 1. The molecule has 7 amide bonds. The molecule has 2 aliphatic rings. The van der Waals surface area contributed by atoms with Crippen molar-refractivity contribution in [1.29, 1.82) is 0 Å². The van der Waals surface area contributed by atoms with Gasteiger partial charge in [0.15, 0.2) is 0 Å². The van der Waals surface area contributed by atoms with Gasteiger partial charge in [-0.3, -0.25) is 43.4 Å². The lowest BCUT2D eigenvalue weighted by Crippen LogP contribution is -2.60. The SMILES string of the molecule is CCC(C)C(C(CC(=O)N1CCCC1C(OC)C(C)C(=O)NC(Cc1c[nH]c2ccccc12)C(N)=O)OC)N(C)C(=O)C(NC(=O)C(C(C)C)N(C)CCOCCOCCOCCN1C(=O)C=CC1=O)C(C)C. The summed E-state index contributed by atoms with van der Waals surface area (Å²) in [5.74, 6) is -3.79. The fourth-order valence-electron chi connectivity index (χ4n) is 10.0. The molecular formula is C53H84N8O12. The number of nitrogens with two attached hydrogens (primary N) is 1. The average molecular weight is 1030 g/mol. The number of likely N-dealkylation sites (tertiary alicyclic amines) is 1. The van der Waals surface area contributed by atoms with Gasteiger partial charge in [-0.1, -0.05) is 73.1 Å². The summed E-state index contributed by atoms with van der Waals surface area (Å²) in [7, 11) is 6.60. The summed E-state index contributed by atoms with van der Waals surface area (Å²) in [5.41, 5.74) is 7.56. The molecule has 1 aromatic heterocycles. The zero-order valence-electron chi connectivity index (χ0n) is 45.1. The van der Waals surface area contributed by atoms with E-state index in [1.54, 1.807) is 23.8 Å². The molecule has 9 atom stereocenters. The number of nitrogens with zero attached hydrogens (tertiary/aromatic N) is 4. The first kappa shape index (κ1) is 60.3. The van der Waals surface area contributed by atoms with Crippen LogP contribution in [0.15, 0.2) is 42.6 Å². The molecule has 0 saturated carbocycles. The van der Waals surface area contributed by atoms with E-state index in [2.05, 4.69) is 15.6 Å². The van der Waals surface area contributed by atoms with Gasteiger partial charge < -0.3 is 54.8 Å². The molecule has 1 fully saturated rings. The number of nitrogens with one attached hydrogen (secondary N) is 3. The number of likely N-dealkylation sites (N-methyl/N-ethyl adjacent to an activating group) is 2. The van der Waals surface area contributed by atoms with E-state index in [1.807, 2.05) is 84.0 Å². The van der Waals surface area contributed by atoms with Gasteiger partial charge in [0.25, 0.3) is 11.8 Å². The second-order valence-corrected chi connectivity index (χ2v) is 20.0. The molecule has 20 heteroatoms. The molecule has 5 N–H and O–H groups in total. The maximum atomic E-state index is 14.6. The van der Waals surface area contributed by atoms with Crippen molar-refractivity contribution in [3.63, 3.8) is 0 Å². The standard InChI is InChI=1S/C53H84N8O12/c1-12-35(6)48(42(69-10)31-45(64)60-21-15-18-41(60)49(70-11)36(7)51(66)56-40(50(54)65)30-37-32-55-39-17-14-13-16-38(37)39)59(9)53(68)46(33(2)3)57-52(67)47(34(4)5)58(8)22-24-71-26-28-73-29-27-72-25-23-61-43(62)19-20-44(61)63/h13-14,16-17,19-20,32-36,40-42,46-49,55H,12,15,18,21-31H2,1-11H3,(H2,54,65)(H,56,66)(H,57,67). The van der Waals surface area contributed by atoms with E-state index in [0.717, 1.165) is 21.4 Å². The van der Waals surface area contributed by atoms with Gasteiger partial charge in [0.1, 0.15) is 12.1 Å². The normalized spacial score (nSPS) is 18.3. The Bertz CT molecular complexity index is 2150. The fraction of sp³-hybridized carbons (Fsp3) is 0.679. The Hall–Kier alpha value is -5.25. The van der Waals surface area contributed by atoms with Crippen molar-refractivity contribution in [3.8, 4) is 0 Å². The molecule has 1 saturated heterocycles. The summed E-state index contributed by atoms with van der Waals surface area (Å²) in [4.78, 5) is 103. The first-order valence-corrected chi connectivity index (χ1v) is 25.8. The Labute approximate surface area is 431 Å². The van der Waals surface area contributed by atoms with Crippen molar-refractivity contribution < 1.29 is 57.2 Å². The predicted octanol–water partition coefficient (Wildman–Crippen LogP) is 2.67. The minimum atomic E-state index is -0.974. The van der Waals surface area contributed by atoms with Gasteiger partial charge in [0.2, 0.25) is 29.5 Å². The fourth-order valence-corrected chi connectivity index (χ4v) is 10.0. The lowest BCUT2D eigenvalue weighted by atomic mass is 9.89. The number of methoxy groups -OCH3 is 2. The zero-order valence-corrected chi connectivity index (χ0v) is 45.1. The smallest absolute Gasteiger partial charge is 0.253 e. The third-order valence-electron chi connectivity index (χ3n) is 14.3. The minimum absolute atomic E-state index is 0.0438. The van der Waals surface area contributed by atoms with E-state index in [-0.39, 0.29) is 73.3 Å². The molecule has 0 bridgehead atoms. The van der Waals surface area contributed by atoms with Crippen LogP contribution < -0.4 is 16.4 Å². The first-order valence-electron chi connectivity index (χ1n) is 25.8. The first-order chi connectivity index (χ1) is 34.8. The molecule has 20 nitrogen and oxygen atoms in total. The monoisotopic (exact) mass is 1020 g/mol. The van der Waals surface area contributed by atoms with Crippen LogP contribution in [0.4, 0.5) is 0 Å². The predicted molar refractivity (Wildman–Crippen MR) is 276 cm³/mol. The second kappa shape index (κ2) is 29.6. The van der Waals surface area contributed by atoms with E-state index in [1.165, 1.54) is 26.4 Å². The summed E-state index contributed by atoms with van der Waals surface area (Å²) in [6, 6.07) is 4.28. The number of primary amides is 1. The Balaban J connectivity index is 1.32. The molecule has 2 aliphatic heterocycles. The van der Waals surface area contributed by atoms with Crippen LogP contribution in [0.3, 0.4) is 0 Å². The number of amides is 7. The van der Waals surface area contributed by atoms with E-state index < -0.39 is 60.1 Å². The Kier molecular flexibility index (Phi) is 24.4. The highest BCUT2D eigenvalue weighted by atomic mass is 16.5. The van der Waals surface area contributed by atoms with E-state index in [4.69, 9.17) is 29.4 Å². The van der Waals surface area contributed by atoms with Gasteiger partial charge in [0, 0.05) is 70.0 Å². The summed E-state index contributed by atoms with van der Waals surface area (Å²) in [5, 5.41) is 6.86. The number of H-pyrrole nitrogens is 1. The van der Waals surface area contributed by atoms with Crippen LogP contribution in [0.5, 0.6) is 0 Å². The van der Waals surface area contributed by atoms with Crippen LogP contribution in [-0.2, 0) is 63.7 Å². The lowest BCUT2D eigenvalue weighted by molar-refractivity contribution is -0.148. The van der Waals surface area contributed by atoms with Crippen molar-refractivity contribution in [2.45, 2.75) is 123 Å². The molecule has 408 valence electrons. The maximum Gasteiger partial charge on any atom is 0.253 e. The molecule has 4 rings (SSSR count). The van der Waals surface area contributed by atoms with E-state index in [0.29, 0.717) is 65.4 Å². The molecule has 73 heavy (non-hydrogen) atoms. The Morgan fingerprint density at radius 2 is 1.47 bits per heavy atom. The topological polar surface area (TPSA) is 244 Å². The van der Waals surface area contributed by atoms with Crippen molar-refractivity contribution in [2.24, 2.45) is 29.4 Å². The largest absolute Gasteiger partial charge is 0.379 e. The number of aromatic nitrogens is 1. The second-order valence-electron chi connectivity index (χ2n) is 20.0. The van der Waals surface area contributed by atoms with Crippen molar-refractivity contribution in [2.75, 3.05) is 87.6 Å². The van der Waals surface area contributed by atoms with Crippen LogP contribution in [0.25, 0.3) is 10.9 Å². The summed E-state index contributed by atoms with van der Waals surface area (Å²) >= 11 is 0. The molecule has 3 heterocycles. The summed E-state index contributed by atoms with van der Waals surface area (Å²) < 4.78 is 28.9. The Morgan fingerprint density at radius 1 is 0.836 bits per heavy atom. The van der Waals surface area contributed by atoms with E-state index in [9.17, 15) is 33.6 Å². The van der Waals surface area contributed by atoms with Crippen LogP contribution >= 0.6 is 0 Å². The van der Waals surface area contributed by atoms with Crippen molar-refractivity contribution >= 4 is 52.3 Å². The number of hydrogen-bond donors (Lipinski definition) is 4. The zero-order chi connectivity index (χ0) is 53.9. The highest BCUT2D eigenvalue weighted by Gasteiger charge is 2.43. The van der Waals surface area contributed by atoms with Crippen LogP contribution in [0.2, 0.25) is 0 Å². The van der Waals surface area contributed by atoms with Gasteiger partial charge in [-0.05, 0) is 49.3 Å². The number of aromatic amines is 1. The van der Waals surface area contributed by atoms with Gasteiger partial charge in [0.05, 0.1) is 88.9 Å². The number of ether oxygens (including phenoxy) is 5. The molecule has 0 aliphatic carbocycles. The summed E-state index contributed by atoms with van der Waals surface area (Å²) in [6.07, 6.45) is 5.00. The number of carbonyl (C=O) groups is 7. The summed E-state index contributed by atoms with van der Waals surface area (Å²) in [6.45, 7) is 16.3. The Morgan fingerprint density at radius 3 is 2.05 bits per heavy atom. The number of hydrogen-bond acceptors (Lipinski definition) is 13. The highest BCUT2D eigenvalue weighted by molar-refractivity contribution is 6.12. The van der Waals surface area contributed by atoms with Crippen LogP contribution in [-0.4, -0.2) is 196 Å². The van der Waals surface area contributed by atoms with Crippen LogP contribution in [0, 0.1) is 23.7 Å². The maximum absolute atomic E-state index is 14.6. The minimum Gasteiger partial charge on any atom is -0.379 e. The number of benzene rings is 1. The molecular weight excluding hydrogens is 941 g/mol. The lowest BCUT2D eigenvalue weighted by Gasteiger charge is -2.41. The van der Waals surface area contributed by atoms with Crippen LogP contribution in [0.1, 0.15) is 79.7 Å². The molecule has 1 aromatic carbocycles. The van der Waals surface area contributed by atoms with Gasteiger partial charge >= 0.3 is 0 Å². The third kappa shape index (κ3) is 16.6. The highest BCUT2D eigenvalue weighted by Crippen LogP contribution is 2.30. The van der Waals surface area contributed by atoms with E-state index >= 15 is 0 Å².